The van der Waals surface area contributed by atoms with Crippen molar-refractivity contribution in [3.05, 3.63) is 105 Å². The van der Waals surface area contributed by atoms with Crippen LogP contribution in [0.5, 0.6) is 0 Å². The predicted octanol–water partition coefficient (Wildman–Crippen LogP) is 5.63. The first-order valence-corrected chi connectivity index (χ1v) is 14.2. The van der Waals surface area contributed by atoms with Gasteiger partial charge in [0.05, 0.1) is 11.8 Å². The van der Waals surface area contributed by atoms with Gasteiger partial charge >= 0.3 is 5.97 Å². The third kappa shape index (κ3) is 4.52. The van der Waals surface area contributed by atoms with Gasteiger partial charge in [0.15, 0.2) is 12.4 Å². The van der Waals surface area contributed by atoms with Gasteiger partial charge in [0.2, 0.25) is 11.8 Å². The van der Waals surface area contributed by atoms with Crippen LogP contribution in [-0.2, 0) is 19.1 Å². The zero-order valence-electron chi connectivity index (χ0n) is 21.3. The summed E-state index contributed by atoms with van der Waals surface area (Å²) in [6.07, 6.45) is 2.05. The molecule has 0 radical (unpaired) electrons. The third-order valence-electron chi connectivity index (χ3n) is 8.33. The predicted molar refractivity (Wildman–Crippen MR) is 148 cm³/mol. The highest BCUT2D eigenvalue weighted by molar-refractivity contribution is 9.10. The number of halogens is 1. The fourth-order valence-electron chi connectivity index (χ4n) is 6.61. The zero-order chi connectivity index (χ0) is 27.1. The lowest BCUT2D eigenvalue weighted by atomic mass is 9.55. The summed E-state index contributed by atoms with van der Waals surface area (Å²) in [7, 11) is 0. The van der Waals surface area contributed by atoms with Gasteiger partial charge in [-0.3, -0.25) is 24.1 Å². The topological polar surface area (TPSA) is 80.8 Å². The Morgan fingerprint density at radius 3 is 1.74 bits per heavy atom. The number of ether oxygens (including phenoxy) is 1. The van der Waals surface area contributed by atoms with E-state index in [-0.39, 0.29) is 54.3 Å². The van der Waals surface area contributed by atoms with Gasteiger partial charge in [-0.2, -0.15) is 0 Å². The van der Waals surface area contributed by atoms with Crippen LogP contribution < -0.4 is 0 Å². The highest BCUT2D eigenvalue weighted by Crippen LogP contribution is 2.60. The van der Waals surface area contributed by atoms with Crippen LogP contribution in [0.4, 0.5) is 0 Å². The molecule has 0 saturated carbocycles. The van der Waals surface area contributed by atoms with Crippen LogP contribution in [0.2, 0.25) is 0 Å². The number of amides is 2. The lowest BCUT2D eigenvalue weighted by Crippen LogP contribution is -2.41. The molecule has 3 aliphatic carbocycles. The summed E-state index contributed by atoms with van der Waals surface area (Å²) >= 11 is 3.33. The van der Waals surface area contributed by atoms with Gasteiger partial charge in [0.25, 0.3) is 0 Å². The number of likely N-dealkylation sites (tertiary alicyclic amines) is 1. The molecule has 1 aliphatic heterocycles. The van der Waals surface area contributed by atoms with Crippen molar-refractivity contribution in [2.24, 2.45) is 11.8 Å². The number of Topliss-reactive ketones (excluding diaryl/α,β-unsaturated/α-hetero) is 1. The van der Waals surface area contributed by atoms with E-state index < -0.39 is 5.97 Å². The van der Waals surface area contributed by atoms with E-state index >= 15 is 0 Å². The Bertz CT molecular complexity index is 1350. The van der Waals surface area contributed by atoms with Crippen LogP contribution in [0.25, 0.3) is 0 Å². The Morgan fingerprint density at radius 1 is 0.718 bits per heavy atom. The number of benzene rings is 3. The number of ketones is 1. The van der Waals surface area contributed by atoms with Crippen molar-refractivity contribution in [1.82, 2.24) is 4.90 Å². The molecule has 4 aliphatic rings. The van der Waals surface area contributed by atoms with Crippen LogP contribution in [0.3, 0.4) is 0 Å². The van der Waals surface area contributed by atoms with Crippen LogP contribution in [0.15, 0.2) is 77.3 Å². The third-order valence-corrected chi connectivity index (χ3v) is 8.86. The minimum Gasteiger partial charge on any atom is -0.457 e. The van der Waals surface area contributed by atoms with Crippen molar-refractivity contribution in [3.63, 3.8) is 0 Å². The molecule has 0 spiro atoms. The molecule has 0 aromatic heterocycles. The first-order valence-electron chi connectivity index (χ1n) is 13.4. The molecule has 0 unspecified atom stereocenters. The number of carbonyl (C=O) groups is 4. The van der Waals surface area contributed by atoms with Gasteiger partial charge in [-0.05, 0) is 47.2 Å². The van der Waals surface area contributed by atoms with E-state index in [1.165, 1.54) is 27.2 Å². The standard InChI is InChI=1S/C32H28BrNO5/c33-20-15-13-19(14-16-20)25(35)18-39-26(36)12-2-1-7-17-34-31(37)29-27-21-8-3-4-9-22(21)28(30(29)32(34)38)24-11-6-5-10-23(24)27/h3-6,8-11,13-16,27-30H,1-2,7,12,17-18H2/t27?,28?,29-,30+. The first kappa shape index (κ1) is 25.7. The van der Waals surface area contributed by atoms with Crippen LogP contribution in [0, 0.1) is 11.8 Å². The Morgan fingerprint density at radius 2 is 1.23 bits per heavy atom. The zero-order valence-corrected chi connectivity index (χ0v) is 22.9. The van der Waals surface area contributed by atoms with E-state index in [0.29, 0.717) is 31.4 Å². The van der Waals surface area contributed by atoms with E-state index in [2.05, 4.69) is 40.2 Å². The first-order chi connectivity index (χ1) is 19.0. The van der Waals surface area contributed by atoms with E-state index in [1.54, 1.807) is 24.3 Å². The van der Waals surface area contributed by atoms with Crippen molar-refractivity contribution in [2.75, 3.05) is 13.2 Å². The average molecular weight is 586 g/mol. The number of rotatable bonds is 9. The normalized spacial score (nSPS) is 22.3. The van der Waals surface area contributed by atoms with Crippen molar-refractivity contribution < 1.29 is 23.9 Å². The fraction of sp³-hybridized carbons (Fsp3) is 0.312. The molecule has 3 aromatic rings. The molecule has 2 amide bonds. The number of nitrogens with zero attached hydrogens (tertiary/aromatic N) is 1. The highest BCUT2D eigenvalue weighted by Gasteiger charge is 2.61. The van der Waals surface area contributed by atoms with Gasteiger partial charge < -0.3 is 4.74 Å². The number of imide groups is 1. The molecule has 1 saturated heterocycles. The number of esters is 1. The fourth-order valence-corrected chi connectivity index (χ4v) is 6.88. The Kier molecular flexibility index (Phi) is 6.94. The van der Waals surface area contributed by atoms with Crippen molar-refractivity contribution >= 4 is 39.5 Å². The van der Waals surface area contributed by atoms with Gasteiger partial charge in [-0.1, -0.05) is 83.0 Å². The number of carbonyl (C=O) groups excluding carboxylic acids is 4. The SMILES string of the molecule is O=C(CCCCCN1C(=O)[C@@H]2C3c4ccccc4C(c4ccccc43)[C@@H]2C1=O)OCC(=O)c1ccc(Br)cc1. The maximum atomic E-state index is 13.6. The molecule has 1 fully saturated rings. The lowest BCUT2D eigenvalue weighted by molar-refractivity contribution is -0.143. The quantitative estimate of drug-likeness (QED) is 0.141. The van der Waals surface area contributed by atoms with Crippen molar-refractivity contribution in [2.45, 2.75) is 37.5 Å². The van der Waals surface area contributed by atoms with Gasteiger partial charge in [-0.15, -0.1) is 0 Å². The molecule has 6 nitrogen and oxygen atoms in total. The molecule has 198 valence electrons. The Balaban J connectivity index is 1.03. The summed E-state index contributed by atoms with van der Waals surface area (Å²) in [5.74, 6) is -1.72. The Labute approximate surface area is 235 Å². The summed E-state index contributed by atoms with van der Waals surface area (Å²) in [5.41, 5.74) is 5.17. The molecule has 1 heterocycles. The molecule has 2 atom stereocenters. The minimum atomic E-state index is -0.424. The molecular weight excluding hydrogens is 558 g/mol. The van der Waals surface area contributed by atoms with Crippen molar-refractivity contribution in [3.8, 4) is 0 Å². The highest BCUT2D eigenvalue weighted by atomic mass is 79.9. The Hall–Kier alpha value is -3.58. The second kappa shape index (κ2) is 10.5. The maximum Gasteiger partial charge on any atom is 0.306 e. The summed E-state index contributed by atoms with van der Waals surface area (Å²) in [4.78, 5) is 53.0. The molecule has 0 N–H and O–H groups in total. The molecular formula is C32H28BrNO5. The second-order valence-corrected chi connectivity index (χ2v) is 11.4. The van der Waals surface area contributed by atoms with Crippen LogP contribution in [-0.4, -0.2) is 41.6 Å². The van der Waals surface area contributed by atoms with Crippen molar-refractivity contribution in [1.29, 1.82) is 0 Å². The van der Waals surface area contributed by atoms with Crippen LogP contribution >= 0.6 is 15.9 Å². The molecule has 2 bridgehead atoms. The molecule has 7 rings (SSSR count). The van der Waals surface area contributed by atoms with Crippen LogP contribution in [0.1, 0.15) is 70.1 Å². The maximum absolute atomic E-state index is 13.6. The van der Waals surface area contributed by atoms with E-state index in [0.717, 1.165) is 4.47 Å². The molecule has 3 aromatic carbocycles. The molecule has 7 heteroatoms. The lowest BCUT2D eigenvalue weighted by Gasteiger charge is -2.45. The summed E-state index contributed by atoms with van der Waals surface area (Å²) in [6.45, 7) is 0.0705. The number of hydrogen-bond acceptors (Lipinski definition) is 5. The summed E-state index contributed by atoms with van der Waals surface area (Å²) in [5, 5.41) is 0. The summed E-state index contributed by atoms with van der Waals surface area (Å²) < 4.78 is 6.01. The van der Waals surface area contributed by atoms with Gasteiger partial charge in [-0.25, -0.2) is 0 Å². The monoisotopic (exact) mass is 585 g/mol. The summed E-state index contributed by atoms with van der Waals surface area (Å²) in [6, 6.07) is 23.4. The van der Waals surface area contributed by atoms with E-state index in [4.69, 9.17) is 4.74 Å². The van der Waals surface area contributed by atoms with E-state index in [1.807, 2.05) is 24.3 Å². The smallest absolute Gasteiger partial charge is 0.306 e. The minimum absolute atomic E-state index is 0.0742. The second-order valence-electron chi connectivity index (χ2n) is 10.5. The van der Waals surface area contributed by atoms with E-state index in [9.17, 15) is 19.2 Å². The van der Waals surface area contributed by atoms with Gasteiger partial charge in [0, 0.05) is 34.8 Å². The number of hydrogen-bond donors (Lipinski definition) is 0. The number of unbranched alkanes of at least 4 members (excludes halogenated alkanes) is 2. The average Bonchev–Trinajstić information content (AvgIpc) is 3.21. The van der Waals surface area contributed by atoms with Gasteiger partial charge in [0.1, 0.15) is 0 Å². The largest absolute Gasteiger partial charge is 0.457 e. The molecule has 39 heavy (non-hydrogen) atoms.